The first-order valence-corrected chi connectivity index (χ1v) is 9.18. The van der Waals surface area contributed by atoms with Crippen LogP contribution >= 0.6 is 0 Å². The fourth-order valence-corrected chi connectivity index (χ4v) is 3.05. The van der Waals surface area contributed by atoms with E-state index in [9.17, 15) is 29.4 Å². The lowest BCUT2D eigenvalue weighted by Gasteiger charge is -2.25. The van der Waals surface area contributed by atoms with Crippen molar-refractivity contribution in [3.63, 3.8) is 0 Å². The molecule has 0 heterocycles. The Kier molecular flexibility index (Phi) is 8.99. The summed E-state index contributed by atoms with van der Waals surface area (Å²) >= 11 is 0. The van der Waals surface area contributed by atoms with Crippen LogP contribution < -0.4 is 0 Å². The fraction of sp³-hybridized carbons (Fsp3) is 0.524. The van der Waals surface area contributed by atoms with Gasteiger partial charge in [-0.3, -0.25) is 19.2 Å². The molecule has 4 unspecified atom stereocenters. The van der Waals surface area contributed by atoms with Gasteiger partial charge in [-0.05, 0) is 44.3 Å². The number of esters is 1. The highest BCUT2D eigenvalue weighted by atomic mass is 16.5. The van der Waals surface area contributed by atoms with Gasteiger partial charge in [0.25, 0.3) is 0 Å². The number of ketones is 2. The Morgan fingerprint density at radius 3 is 2.36 bits per heavy atom. The predicted octanol–water partition coefficient (Wildman–Crippen LogP) is 2.24. The van der Waals surface area contributed by atoms with Crippen molar-refractivity contribution in [1.82, 2.24) is 0 Å². The quantitative estimate of drug-likeness (QED) is 0.314. The Labute approximate surface area is 164 Å². The molecule has 0 aliphatic heterocycles. The predicted molar refractivity (Wildman–Crippen MR) is 102 cm³/mol. The third-order valence-corrected chi connectivity index (χ3v) is 4.79. The Morgan fingerprint density at radius 2 is 1.82 bits per heavy atom. The van der Waals surface area contributed by atoms with Gasteiger partial charge in [-0.25, -0.2) is 0 Å². The summed E-state index contributed by atoms with van der Waals surface area (Å²) in [4.78, 5) is 47.7. The van der Waals surface area contributed by atoms with Gasteiger partial charge in [0.05, 0.1) is 23.9 Å². The number of carbonyl (C=O) groups excluding carboxylic acids is 3. The monoisotopic (exact) mass is 392 g/mol. The number of Topliss-reactive ketones (excluding diaryl/α,β-unsaturated/α-hetero) is 2. The van der Waals surface area contributed by atoms with E-state index < -0.39 is 48.2 Å². The van der Waals surface area contributed by atoms with Gasteiger partial charge >= 0.3 is 11.9 Å². The highest BCUT2D eigenvalue weighted by Gasteiger charge is 2.35. The Hall–Kier alpha value is -2.54. The van der Waals surface area contributed by atoms with E-state index in [0.29, 0.717) is 18.4 Å². The second-order valence-electron chi connectivity index (χ2n) is 7.17. The minimum Gasteiger partial charge on any atom is -0.481 e. The lowest BCUT2D eigenvalue weighted by Crippen LogP contribution is -2.36. The third kappa shape index (κ3) is 6.56. The van der Waals surface area contributed by atoms with Crippen molar-refractivity contribution in [2.75, 3.05) is 6.61 Å². The molecule has 0 fully saturated rings. The lowest BCUT2D eigenvalue weighted by molar-refractivity contribution is -0.159. The second-order valence-corrected chi connectivity index (χ2v) is 7.17. The summed E-state index contributed by atoms with van der Waals surface area (Å²) in [7, 11) is 0. The number of carbonyl (C=O) groups is 4. The summed E-state index contributed by atoms with van der Waals surface area (Å²) in [5.41, 5.74) is 0.575. The van der Waals surface area contributed by atoms with Crippen LogP contribution in [0.1, 0.15) is 39.5 Å². The number of aliphatic hydroxyl groups is 1. The van der Waals surface area contributed by atoms with Crippen LogP contribution in [0.5, 0.6) is 0 Å². The molecule has 0 bridgehead atoms. The number of allylic oxidation sites excluding steroid dienone is 3. The van der Waals surface area contributed by atoms with Crippen LogP contribution in [0.15, 0.2) is 36.5 Å². The first kappa shape index (κ1) is 23.5. The number of aliphatic hydroxyl groups excluding tert-OH is 1. The summed E-state index contributed by atoms with van der Waals surface area (Å²) in [6.45, 7) is 9.71. The maximum atomic E-state index is 12.3. The van der Waals surface area contributed by atoms with Crippen molar-refractivity contribution in [2.24, 2.45) is 17.8 Å². The van der Waals surface area contributed by atoms with Crippen molar-refractivity contribution >= 4 is 23.5 Å². The van der Waals surface area contributed by atoms with Crippen LogP contribution in [0.4, 0.5) is 0 Å². The van der Waals surface area contributed by atoms with E-state index in [1.807, 2.05) is 0 Å². The summed E-state index contributed by atoms with van der Waals surface area (Å²) in [6, 6.07) is 0. The number of aliphatic carboxylic acids is 1. The average molecular weight is 392 g/mol. The number of carboxylic acid groups (broad SMARTS) is 1. The normalized spacial score (nSPS) is 20.7. The molecule has 7 nitrogen and oxygen atoms in total. The highest BCUT2D eigenvalue weighted by molar-refractivity contribution is 5.98. The maximum Gasteiger partial charge on any atom is 0.313 e. The molecule has 0 radical (unpaired) electrons. The van der Waals surface area contributed by atoms with E-state index in [-0.39, 0.29) is 24.2 Å². The van der Waals surface area contributed by atoms with Gasteiger partial charge in [0.1, 0.15) is 6.61 Å². The number of carboxylic acids is 1. The third-order valence-electron chi connectivity index (χ3n) is 4.79. The van der Waals surface area contributed by atoms with Gasteiger partial charge in [-0.2, -0.15) is 0 Å². The number of hydrogen-bond donors (Lipinski definition) is 2. The first-order chi connectivity index (χ1) is 13.1. The van der Waals surface area contributed by atoms with Crippen LogP contribution in [-0.4, -0.2) is 46.4 Å². The average Bonchev–Trinajstić information content (AvgIpc) is 2.65. The van der Waals surface area contributed by atoms with Gasteiger partial charge in [0, 0.05) is 6.42 Å². The molecule has 0 aromatic rings. The van der Waals surface area contributed by atoms with Crippen molar-refractivity contribution < 1.29 is 34.1 Å². The zero-order chi connectivity index (χ0) is 21.4. The molecule has 0 aromatic carbocycles. The van der Waals surface area contributed by atoms with Crippen molar-refractivity contribution in [3.05, 3.63) is 36.5 Å². The molecular formula is C21H28O7. The minimum atomic E-state index is -1.33. The van der Waals surface area contributed by atoms with E-state index in [4.69, 9.17) is 4.74 Å². The summed E-state index contributed by atoms with van der Waals surface area (Å²) in [6.07, 6.45) is 2.87. The van der Waals surface area contributed by atoms with E-state index >= 15 is 0 Å². The van der Waals surface area contributed by atoms with Gasteiger partial charge in [0.2, 0.25) is 0 Å². The molecule has 1 rings (SSSR count). The fourth-order valence-electron chi connectivity index (χ4n) is 3.05. The standard InChI is InChI=1S/C21H28O7/c1-12(2)17(22)10-9-16(19(24)13(3)4)18(23)11-28-21(27)15-8-6-5-7-14(15)20(25)26/h6,8,14-16,18,23H,1,3,5,7,9-11H2,2,4H3,(H,25,26). The Morgan fingerprint density at radius 1 is 1.18 bits per heavy atom. The Balaban J connectivity index is 2.76. The van der Waals surface area contributed by atoms with Gasteiger partial charge in [-0.1, -0.05) is 25.3 Å². The first-order valence-electron chi connectivity index (χ1n) is 9.18. The van der Waals surface area contributed by atoms with Crippen molar-refractivity contribution in [1.29, 1.82) is 0 Å². The van der Waals surface area contributed by atoms with E-state index in [1.165, 1.54) is 13.0 Å². The SMILES string of the molecule is C=C(C)C(=O)CCC(C(=O)C(=C)C)C(O)COC(=O)C1C=CCCC1C(=O)O. The molecule has 0 spiro atoms. The summed E-state index contributed by atoms with van der Waals surface area (Å²) in [5, 5.41) is 19.6. The van der Waals surface area contributed by atoms with Crippen LogP contribution in [0.3, 0.4) is 0 Å². The molecule has 0 saturated heterocycles. The molecule has 0 amide bonds. The molecule has 1 aliphatic rings. The van der Waals surface area contributed by atoms with Gasteiger partial charge in [-0.15, -0.1) is 0 Å². The number of ether oxygens (including phenoxy) is 1. The molecule has 2 N–H and O–H groups in total. The Bertz CT molecular complexity index is 689. The number of rotatable bonds is 11. The molecule has 28 heavy (non-hydrogen) atoms. The molecular weight excluding hydrogens is 364 g/mol. The van der Waals surface area contributed by atoms with Crippen LogP contribution in [0.25, 0.3) is 0 Å². The molecule has 4 atom stereocenters. The lowest BCUT2D eigenvalue weighted by atomic mass is 9.84. The van der Waals surface area contributed by atoms with E-state index in [1.54, 1.807) is 13.0 Å². The van der Waals surface area contributed by atoms with Gasteiger partial charge in [0.15, 0.2) is 11.6 Å². The van der Waals surface area contributed by atoms with E-state index in [2.05, 4.69) is 13.2 Å². The maximum absolute atomic E-state index is 12.3. The minimum absolute atomic E-state index is 0.0243. The molecule has 154 valence electrons. The molecule has 0 aromatic heterocycles. The highest BCUT2D eigenvalue weighted by Crippen LogP contribution is 2.27. The molecule has 1 aliphatic carbocycles. The largest absolute Gasteiger partial charge is 0.481 e. The second kappa shape index (κ2) is 10.7. The van der Waals surface area contributed by atoms with Crippen LogP contribution in [0, 0.1) is 17.8 Å². The molecule has 7 heteroatoms. The summed E-state index contributed by atoms with van der Waals surface area (Å²) < 4.78 is 5.10. The molecule has 0 saturated carbocycles. The van der Waals surface area contributed by atoms with Gasteiger partial charge < -0.3 is 14.9 Å². The topological polar surface area (TPSA) is 118 Å². The summed E-state index contributed by atoms with van der Waals surface area (Å²) in [5.74, 6) is -5.25. The number of hydrogen-bond acceptors (Lipinski definition) is 6. The zero-order valence-electron chi connectivity index (χ0n) is 16.3. The van der Waals surface area contributed by atoms with E-state index in [0.717, 1.165) is 0 Å². The van der Waals surface area contributed by atoms with Crippen molar-refractivity contribution in [3.8, 4) is 0 Å². The van der Waals surface area contributed by atoms with Crippen LogP contribution in [-0.2, 0) is 23.9 Å². The smallest absolute Gasteiger partial charge is 0.313 e. The van der Waals surface area contributed by atoms with Crippen molar-refractivity contribution in [2.45, 2.75) is 45.6 Å². The van der Waals surface area contributed by atoms with Crippen LogP contribution in [0.2, 0.25) is 0 Å². The zero-order valence-corrected chi connectivity index (χ0v) is 16.3.